The summed E-state index contributed by atoms with van der Waals surface area (Å²) in [5.41, 5.74) is 2.54. The molecule has 1 fully saturated rings. The third-order valence-electron chi connectivity index (χ3n) is 4.58. The van der Waals surface area contributed by atoms with E-state index in [0.29, 0.717) is 18.4 Å². The molecule has 1 aromatic rings. The van der Waals surface area contributed by atoms with Gasteiger partial charge in [0.1, 0.15) is 0 Å². The van der Waals surface area contributed by atoms with Crippen LogP contribution in [0.1, 0.15) is 34.3 Å². The van der Waals surface area contributed by atoms with Crippen molar-refractivity contribution < 1.29 is 14.4 Å². The van der Waals surface area contributed by atoms with E-state index in [9.17, 15) is 14.4 Å². The molecule has 2 amide bonds. The molecule has 2 aliphatic rings. The molecule has 4 nitrogen and oxygen atoms in total. The van der Waals surface area contributed by atoms with E-state index in [0.717, 1.165) is 16.0 Å². The van der Waals surface area contributed by atoms with E-state index in [-0.39, 0.29) is 36.0 Å². The second kappa shape index (κ2) is 5.52. The quantitative estimate of drug-likeness (QED) is 0.489. The van der Waals surface area contributed by atoms with E-state index in [1.165, 1.54) is 0 Å². The number of carbonyl (C=O) groups is 3. The summed E-state index contributed by atoms with van der Waals surface area (Å²) >= 11 is 0. The predicted octanol–water partition coefficient (Wildman–Crippen LogP) is 2.44. The molecule has 0 bridgehead atoms. The lowest BCUT2D eigenvalue weighted by molar-refractivity contribution is -0.139. The number of rotatable bonds is 3. The number of Topliss-reactive ketones (excluding diaryl/α,β-unsaturated/α-hetero) is 1. The number of fused-ring (bicyclic) bond motifs is 1. The topological polar surface area (TPSA) is 54.5 Å². The summed E-state index contributed by atoms with van der Waals surface area (Å²) in [5.74, 6) is -1.12. The van der Waals surface area contributed by atoms with Crippen LogP contribution in [0.5, 0.6) is 0 Å². The number of benzene rings is 1. The second-order valence-corrected chi connectivity index (χ2v) is 6.16. The lowest BCUT2D eigenvalue weighted by Gasteiger charge is -2.14. The van der Waals surface area contributed by atoms with Crippen LogP contribution in [0.25, 0.3) is 0 Å². The van der Waals surface area contributed by atoms with Gasteiger partial charge >= 0.3 is 0 Å². The maximum absolute atomic E-state index is 12.5. The van der Waals surface area contributed by atoms with Crippen LogP contribution in [-0.4, -0.2) is 29.0 Å². The minimum absolute atomic E-state index is 0.144. The highest BCUT2D eigenvalue weighted by molar-refractivity contribution is 6.10. The number of nitrogens with zero attached hydrogens (tertiary/aromatic N) is 1. The van der Waals surface area contributed by atoms with E-state index < -0.39 is 0 Å². The van der Waals surface area contributed by atoms with Crippen LogP contribution in [0.3, 0.4) is 0 Å². The largest absolute Gasteiger partial charge is 0.292 e. The SMILES string of the molecule is Cc1ccc(C(=O)CN2C(=O)[C@H]3CC=CC[C@H]3C2=O)c(C)c1. The van der Waals surface area contributed by atoms with Crippen molar-refractivity contribution in [2.75, 3.05) is 6.54 Å². The highest BCUT2D eigenvalue weighted by Crippen LogP contribution is 2.35. The smallest absolute Gasteiger partial charge is 0.233 e. The summed E-state index contributed by atoms with van der Waals surface area (Å²) in [6.45, 7) is 3.69. The fraction of sp³-hybridized carbons (Fsp3) is 0.389. The van der Waals surface area contributed by atoms with Gasteiger partial charge in [-0.05, 0) is 32.3 Å². The summed E-state index contributed by atoms with van der Waals surface area (Å²) in [4.78, 5) is 38.4. The van der Waals surface area contributed by atoms with Crippen LogP contribution < -0.4 is 0 Å². The van der Waals surface area contributed by atoms with Crippen LogP contribution in [0.15, 0.2) is 30.4 Å². The van der Waals surface area contributed by atoms with E-state index >= 15 is 0 Å². The molecule has 22 heavy (non-hydrogen) atoms. The van der Waals surface area contributed by atoms with E-state index in [1.807, 2.05) is 38.1 Å². The lowest BCUT2D eigenvalue weighted by Crippen LogP contribution is -2.36. The molecule has 0 aromatic heterocycles. The first-order chi connectivity index (χ1) is 10.5. The molecule has 1 aromatic carbocycles. The van der Waals surface area contributed by atoms with Gasteiger partial charge in [0.25, 0.3) is 0 Å². The summed E-state index contributed by atoms with van der Waals surface area (Å²) in [5, 5.41) is 0. The van der Waals surface area contributed by atoms with Crippen molar-refractivity contribution in [3.63, 3.8) is 0 Å². The van der Waals surface area contributed by atoms with Crippen LogP contribution in [0.2, 0.25) is 0 Å². The van der Waals surface area contributed by atoms with Crippen molar-refractivity contribution in [1.29, 1.82) is 0 Å². The van der Waals surface area contributed by atoms with E-state index in [4.69, 9.17) is 0 Å². The van der Waals surface area contributed by atoms with Gasteiger partial charge in [-0.3, -0.25) is 19.3 Å². The molecular formula is C18H19NO3. The molecular weight excluding hydrogens is 278 g/mol. The fourth-order valence-corrected chi connectivity index (χ4v) is 3.38. The third-order valence-corrected chi connectivity index (χ3v) is 4.58. The van der Waals surface area contributed by atoms with Crippen molar-refractivity contribution in [2.24, 2.45) is 11.8 Å². The Balaban J connectivity index is 1.80. The zero-order valence-electron chi connectivity index (χ0n) is 12.8. The predicted molar refractivity (Wildman–Crippen MR) is 82.3 cm³/mol. The number of hydrogen-bond acceptors (Lipinski definition) is 3. The zero-order chi connectivity index (χ0) is 15.9. The first kappa shape index (κ1) is 14.7. The monoisotopic (exact) mass is 297 g/mol. The highest BCUT2D eigenvalue weighted by atomic mass is 16.2. The molecule has 0 saturated carbocycles. The molecule has 1 saturated heterocycles. The molecule has 114 valence electrons. The Morgan fingerprint density at radius 1 is 1.09 bits per heavy atom. The number of allylic oxidation sites excluding steroid dienone is 2. The third kappa shape index (κ3) is 2.39. The molecule has 0 radical (unpaired) electrons. The van der Waals surface area contributed by atoms with Crippen LogP contribution in [0, 0.1) is 25.7 Å². The number of imide groups is 1. The fourth-order valence-electron chi connectivity index (χ4n) is 3.38. The van der Waals surface area contributed by atoms with Gasteiger partial charge in [0.2, 0.25) is 11.8 Å². The molecule has 2 atom stereocenters. The summed E-state index contributed by atoms with van der Waals surface area (Å²) < 4.78 is 0. The van der Waals surface area contributed by atoms with Gasteiger partial charge in [-0.15, -0.1) is 0 Å². The molecule has 1 heterocycles. The maximum atomic E-state index is 12.5. The Kier molecular flexibility index (Phi) is 3.69. The molecule has 4 heteroatoms. The molecule has 0 unspecified atom stereocenters. The van der Waals surface area contributed by atoms with Gasteiger partial charge in [-0.1, -0.05) is 35.9 Å². The Bertz CT molecular complexity index is 664. The number of amides is 2. The van der Waals surface area contributed by atoms with Crippen molar-refractivity contribution >= 4 is 17.6 Å². The summed E-state index contributed by atoms with van der Waals surface area (Å²) in [6.07, 6.45) is 5.09. The first-order valence-electron chi connectivity index (χ1n) is 7.59. The Hall–Kier alpha value is -2.23. The van der Waals surface area contributed by atoms with Gasteiger partial charge in [-0.25, -0.2) is 0 Å². The van der Waals surface area contributed by atoms with E-state index in [1.54, 1.807) is 6.07 Å². The van der Waals surface area contributed by atoms with Crippen molar-refractivity contribution in [3.8, 4) is 0 Å². The number of aryl methyl sites for hydroxylation is 2. The average molecular weight is 297 g/mol. The van der Waals surface area contributed by atoms with Gasteiger partial charge in [-0.2, -0.15) is 0 Å². The van der Waals surface area contributed by atoms with Crippen molar-refractivity contribution in [3.05, 3.63) is 47.0 Å². The Morgan fingerprint density at radius 3 is 2.23 bits per heavy atom. The minimum atomic E-state index is -0.274. The van der Waals surface area contributed by atoms with Crippen molar-refractivity contribution in [2.45, 2.75) is 26.7 Å². The van der Waals surface area contributed by atoms with Gasteiger partial charge in [0, 0.05) is 5.56 Å². The molecule has 0 N–H and O–H groups in total. The number of ketones is 1. The number of likely N-dealkylation sites (tertiary alicyclic amines) is 1. The lowest BCUT2D eigenvalue weighted by atomic mass is 9.85. The number of carbonyl (C=O) groups excluding carboxylic acids is 3. The zero-order valence-corrected chi connectivity index (χ0v) is 12.8. The van der Waals surface area contributed by atoms with Crippen LogP contribution in [0.4, 0.5) is 0 Å². The second-order valence-electron chi connectivity index (χ2n) is 6.16. The van der Waals surface area contributed by atoms with Crippen molar-refractivity contribution in [1.82, 2.24) is 4.90 Å². The Labute approximate surface area is 129 Å². The normalized spacial score (nSPS) is 23.8. The number of hydrogen-bond donors (Lipinski definition) is 0. The molecule has 1 aliphatic carbocycles. The standard InChI is InChI=1S/C18H19NO3/c1-11-7-8-13(12(2)9-11)16(20)10-19-17(21)14-5-3-4-6-15(14)18(19)22/h3-4,7-9,14-15H,5-6,10H2,1-2H3/t14-,15+. The first-order valence-corrected chi connectivity index (χ1v) is 7.59. The molecule has 1 aliphatic heterocycles. The van der Waals surface area contributed by atoms with Crippen LogP contribution >= 0.6 is 0 Å². The maximum Gasteiger partial charge on any atom is 0.233 e. The van der Waals surface area contributed by atoms with Crippen LogP contribution in [-0.2, 0) is 9.59 Å². The summed E-state index contributed by atoms with van der Waals surface area (Å²) in [6, 6.07) is 5.58. The average Bonchev–Trinajstić information content (AvgIpc) is 2.73. The van der Waals surface area contributed by atoms with Gasteiger partial charge in [0.05, 0.1) is 18.4 Å². The molecule has 0 spiro atoms. The minimum Gasteiger partial charge on any atom is -0.292 e. The van der Waals surface area contributed by atoms with Gasteiger partial charge < -0.3 is 0 Å². The van der Waals surface area contributed by atoms with Gasteiger partial charge in [0.15, 0.2) is 5.78 Å². The highest BCUT2D eigenvalue weighted by Gasteiger charge is 2.47. The van der Waals surface area contributed by atoms with E-state index in [2.05, 4.69) is 0 Å². The summed E-state index contributed by atoms with van der Waals surface area (Å²) in [7, 11) is 0. The Morgan fingerprint density at radius 2 is 1.68 bits per heavy atom. The molecule has 3 rings (SSSR count).